The van der Waals surface area contributed by atoms with E-state index in [0.29, 0.717) is 0 Å². The Balaban J connectivity index is 1.36. The Kier molecular flexibility index (Phi) is 4.79. The molecule has 0 radical (unpaired) electrons. The van der Waals surface area contributed by atoms with Crippen molar-refractivity contribution in [3.63, 3.8) is 0 Å². The van der Waals surface area contributed by atoms with Gasteiger partial charge in [0.1, 0.15) is 18.3 Å². The van der Waals surface area contributed by atoms with Gasteiger partial charge in [0, 0.05) is 0 Å². The highest BCUT2D eigenvalue weighted by Crippen LogP contribution is 2.37. The van der Waals surface area contributed by atoms with Crippen LogP contribution >= 0.6 is 0 Å². The van der Waals surface area contributed by atoms with Gasteiger partial charge in [-0.05, 0) is 24.8 Å². The molecule has 6 nitrogen and oxygen atoms in total. The molecule has 5 atom stereocenters. The third-order valence-electron chi connectivity index (χ3n) is 5.57. The zero-order chi connectivity index (χ0) is 19.3. The van der Waals surface area contributed by atoms with Gasteiger partial charge in [-0.15, -0.1) is 0 Å². The molecule has 3 aliphatic rings. The number of hydrogen-bond donors (Lipinski definition) is 1. The van der Waals surface area contributed by atoms with Gasteiger partial charge >= 0.3 is 14.2 Å². The van der Waals surface area contributed by atoms with Gasteiger partial charge in [-0.1, -0.05) is 59.7 Å². The van der Waals surface area contributed by atoms with Crippen molar-refractivity contribution in [2.24, 2.45) is 0 Å². The molecular weight excluding hydrogens is 358 g/mol. The molecule has 5 rings (SSSR count). The Bertz CT molecular complexity index is 830. The maximum atomic E-state index is 9.82. The van der Waals surface area contributed by atoms with Crippen molar-refractivity contribution < 1.29 is 28.5 Å². The summed E-state index contributed by atoms with van der Waals surface area (Å²) in [5, 5.41) is 9.82. The molecule has 2 aromatic carbocycles. The maximum absolute atomic E-state index is 9.82. The van der Waals surface area contributed by atoms with Gasteiger partial charge in [0.15, 0.2) is 6.29 Å². The number of aryl methyl sites for hydroxylation is 2. The molecule has 1 N–H and O–H groups in total. The third-order valence-corrected chi connectivity index (χ3v) is 5.57. The molecule has 0 spiro atoms. The first-order valence-electron chi connectivity index (χ1n) is 9.63. The summed E-state index contributed by atoms with van der Waals surface area (Å²) >= 11 is 0. The van der Waals surface area contributed by atoms with Gasteiger partial charge in [-0.2, -0.15) is 0 Å². The van der Waals surface area contributed by atoms with Crippen LogP contribution in [0.25, 0.3) is 0 Å². The van der Waals surface area contributed by atoms with Crippen LogP contribution < -0.4 is 10.9 Å². The molecule has 8 heteroatoms. The Morgan fingerprint density at radius 3 is 1.82 bits per heavy atom. The molecule has 28 heavy (non-hydrogen) atoms. The summed E-state index contributed by atoms with van der Waals surface area (Å²) in [6.45, 7) is 3.91. The largest absolute Gasteiger partial charge is 0.496 e. The minimum absolute atomic E-state index is 0.159. The van der Waals surface area contributed by atoms with Crippen LogP contribution in [0.1, 0.15) is 11.1 Å². The topological polar surface area (TPSA) is 66.4 Å². The Labute approximate surface area is 165 Å². The highest BCUT2D eigenvalue weighted by molar-refractivity contribution is 6.62. The average molecular weight is 380 g/mol. The van der Waals surface area contributed by atoms with E-state index in [9.17, 15) is 5.11 Å². The highest BCUT2D eigenvalue weighted by atomic mass is 16.8. The van der Waals surface area contributed by atoms with Gasteiger partial charge in [-0.3, -0.25) is 0 Å². The molecule has 0 unspecified atom stereocenters. The first-order valence-corrected chi connectivity index (χ1v) is 9.63. The van der Waals surface area contributed by atoms with Crippen LogP contribution in [0.5, 0.6) is 0 Å². The molecule has 3 fully saturated rings. The van der Waals surface area contributed by atoms with Crippen molar-refractivity contribution in [2.45, 2.75) is 44.6 Å². The van der Waals surface area contributed by atoms with E-state index >= 15 is 0 Å². The minimum Gasteiger partial charge on any atom is -0.399 e. The zero-order valence-electron chi connectivity index (χ0n) is 15.9. The number of hydrogen-bond acceptors (Lipinski definition) is 6. The highest BCUT2D eigenvalue weighted by Gasteiger charge is 2.59. The van der Waals surface area contributed by atoms with Crippen LogP contribution in [-0.4, -0.2) is 56.7 Å². The molecule has 3 saturated heterocycles. The Morgan fingerprint density at radius 2 is 1.25 bits per heavy atom. The number of aliphatic hydroxyl groups is 1. The lowest BCUT2D eigenvalue weighted by molar-refractivity contribution is -0.137. The summed E-state index contributed by atoms with van der Waals surface area (Å²) < 4.78 is 30.4. The molecule has 144 valence electrons. The minimum atomic E-state index is -0.580. The van der Waals surface area contributed by atoms with Crippen LogP contribution in [-0.2, 0) is 23.4 Å². The van der Waals surface area contributed by atoms with E-state index in [2.05, 4.69) is 0 Å². The summed E-state index contributed by atoms with van der Waals surface area (Å²) in [7, 11) is -1.07. The molecule has 0 aromatic heterocycles. The van der Waals surface area contributed by atoms with Crippen LogP contribution in [0.15, 0.2) is 48.5 Å². The second kappa shape index (κ2) is 7.30. The first kappa shape index (κ1) is 18.4. The fraction of sp³-hybridized carbons (Fsp3) is 0.400. The van der Waals surface area contributed by atoms with Crippen LogP contribution in [0.3, 0.4) is 0 Å². The summed E-state index contributed by atoms with van der Waals surface area (Å²) in [4.78, 5) is 0. The first-order chi connectivity index (χ1) is 13.6. The lowest BCUT2D eigenvalue weighted by Crippen LogP contribution is -2.58. The number of benzene rings is 2. The lowest BCUT2D eigenvalue weighted by atomic mass is 9.75. The van der Waals surface area contributed by atoms with Gasteiger partial charge in [-0.25, -0.2) is 0 Å². The molecule has 3 aliphatic heterocycles. The number of fused-ring (bicyclic) bond motifs is 3. The molecule has 2 aromatic rings. The second-order valence-corrected chi connectivity index (χ2v) is 7.65. The smallest absolute Gasteiger partial charge is 0.399 e. The van der Waals surface area contributed by atoms with Crippen molar-refractivity contribution >= 4 is 25.2 Å². The van der Waals surface area contributed by atoms with Crippen LogP contribution in [0, 0.1) is 13.8 Å². The van der Waals surface area contributed by atoms with Crippen molar-refractivity contribution in [3.05, 3.63) is 59.7 Å². The quantitative estimate of drug-likeness (QED) is 0.774. The molecule has 3 heterocycles. The van der Waals surface area contributed by atoms with E-state index in [4.69, 9.17) is 23.4 Å². The predicted molar refractivity (Wildman–Crippen MR) is 105 cm³/mol. The standard InChI is InChI=1S/C20H22B2O6/c1-12-3-7-14(8-4-12)21-25-16(11-23)17-18(26-21)19-20(24-17)28-22(27-19)15-9-5-13(2)6-10-15/h3-10,16-20,23H,11H2,1-2H3/t16-,17-,18+,19-,20-/m1/s1. The molecule has 0 aliphatic carbocycles. The SMILES string of the molecule is Cc1ccc(B2O[C@H]3O[C@H]4[C@H](OB(c5ccc(C)cc5)O[C@@H]4CO)[C@H]3O2)cc1. The van der Waals surface area contributed by atoms with Gasteiger partial charge in [0.25, 0.3) is 0 Å². The van der Waals surface area contributed by atoms with E-state index in [1.807, 2.05) is 62.4 Å². The van der Waals surface area contributed by atoms with E-state index in [1.165, 1.54) is 5.56 Å². The second-order valence-electron chi connectivity index (χ2n) is 7.65. The van der Waals surface area contributed by atoms with Crippen LogP contribution in [0.2, 0.25) is 0 Å². The van der Waals surface area contributed by atoms with Crippen molar-refractivity contribution in [3.8, 4) is 0 Å². The summed E-state index contributed by atoms with van der Waals surface area (Å²) in [6, 6.07) is 16.0. The molecule has 0 saturated carbocycles. The molecule has 0 amide bonds. The van der Waals surface area contributed by atoms with Gasteiger partial charge < -0.3 is 28.5 Å². The number of ether oxygens (including phenoxy) is 1. The zero-order valence-corrected chi connectivity index (χ0v) is 15.9. The molecular formula is C20H22B2O6. The fourth-order valence-corrected chi connectivity index (χ4v) is 3.97. The Hall–Kier alpha value is -1.67. The monoisotopic (exact) mass is 380 g/mol. The van der Waals surface area contributed by atoms with Crippen molar-refractivity contribution in [1.29, 1.82) is 0 Å². The van der Waals surface area contributed by atoms with Crippen LogP contribution in [0.4, 0.5) is 0 Å². The lowest BCUT2D eigenvalue weighted by Gasteiger charge is -2.37. The summed E-state index contributed by atoms with van der Waals surface area (Å²) in [5.74, 6) is 0. The van der Waals surface area contributed by atoms with E-state index < -0.39 is 32.7 Å². The van der Waals surface area contributed by atoms with E-state index in [0.717, 1.165) is 16.5 Å². The average Bonchev–Trinajstić information content (AvgIpc) is 3.27. The van der Waals surface area contributed by atoms with E-state index in [1.54, 1.807) is 0 Å². The maximum Gasteiger partial charge on any atom is 0.496 e. The normalized spacial score (nSPS) is 31.8. The summed E-state index contributed by atoms with van der Waals surface area (Å²) in [5.41, 5.74) is 4.19. The fourth-order valence-electron chi connectivity index (χ4n) is 3.97. The van der Waals surface area contributed by atoms with Gasteiger partial charge in [0.05, 0.1) is 12.7 Å². The van der Waals surface area contributed by atoms with Crippen molar-refractivity contribution in [1.82, 2.24) is 0 Å². The molecule has 0 bridgehead atoms. The van der Waals surface area contributed by atoms with Gasteiger partial charge in [0.2, 0.25) is 0 Å². The number of rotatable bonds is 3. The van der Waals surface area contributed by atoms with E-state index in [-0.39, 0.29) is 18.8 Å². The van der Waals surface area contributed by atoms with Crippen molar-refractivity contribution in [2.75, 3.05) is 6.61 Å². The predicted octanol–water partition coefficient (Wildman–Crippen LogP) is 0.311. The Morgan fingerprint density at radius 1 is 0.714 bits per heavy atom. The summed E-state index contributed by atoms with van der Waals surface area (Å²) in [6.07, 6.45) is -2.23. The third kappa shape index (κ3) is 3.20. The number of aliphatic hydroxyl groups excluding tert-OH is 1.